The zero-order valence-corrected chi connectivity index (χ0v) is 22.2. The minimum absolute atomic E-state index is 0.0370. The number of hydrogen-bond acceptors (Lipinski definition) is 7. The molecule has 0 unspecified atom stereocenters. The molecular weight excluding hydrogens is 498 g/mol. The molecule has 0 atom stereocenters. The Balaban J connectivity index is 1.76. The van der Waals surface area contributed by atoms with E-state index in [4.69, 9.17) is 9.47 Å². The van der Waals surface area contributed by atoms with E-state index in [1.807, 2.05) is 31.1 Å². The first-order valence-corrected chi connectivity index (χ1v) is 12.5. The summed E-state index contributed by atoms with van der Waals surface area (Å²) in [7, 11) is 6.87. The van der Waals surface area contributed by atoms with Gasteiger partial charge in [-0.05, 0) is 43.9 Å². The van der Waals surface area contributed by atoms with Crippen LogP contribution < -0.4 is 14.8 Å². The first-order chi connectivity index (χ1) is 18.7. The number of aromatic hydroxyl groups is 1. The maximum Gasteiger partial charge on any atom is 0.255 e. The van der Waals surface area contributed by atoms with E-state index >= 15 is 0 Å². The molecule has 200 valence electrons. The number of ketones is 2. The Kier molecular flexibility index (Phi) is 6.84. The highest BCUT2D eigenvalue weighted by Gasteiger charge is 2.37. The number of phenols is 1. The van der Waals surface area contributed by atoms with Gasteiger partial charge in [-0.15, -0.1) is 0 Å². The van der Waals surface area contributed by atoms with Crippen molar-refractivity contribution in [2.45, 2.75) is 6.54 Å². The maximum absolute atomic E-state index is 13.9. The average Bonchev–Trinajstić information content (AvgIpc) is 3.25. The number of fused-ring (bicyclic) bond motifs is 4. The molecule has 9 heteroatoms. The fourth-order valence-corrected chi connectivity index (χ4v) is 5.05. The van der Waals surface area contributed by atoms with Crippen LogP contribution in [0.4, 0.5) is 0 Å². The zero-order valence-electron chi connectivity index (χ0n) is 22.2. The summed E-state index contributed by atoms with van der Waals surface area (Å²) in [4.78, 5) is 43.1. The summed E-state index contributed by atoms with van der Waals surface area (Å²) in [5, 5.41) is 13.9. The number of hydrogen-bond donors (Lipinski definition) is 2. The standard InChI is InChI=1S/C30H29N3O6/c1-32(2)12-11-31-30(37)25-23(34)10-9-22-24(25)26-27(29(36)21-8-6-5-7-20(21)28(26)35)33(22)16-17-13-18(38-3)15-19(14-17)39-4/h5-10,13-15,34H,11-12,16H2,1-4H3,(H,31,37). The van der Waals surface area contributed by atoms with Crippen LogP contribution in [-0.2, 0) is 6.54 Å². The van der Waals surface area contributed by atoms with Crippen LogP contribution in [0.2, 0.25) is 0 Å². The molecule has 0 bridgehead atoms. The van der Waals surface area contributed by atoms with Crippen molar-refractivity contribution in [1.29, 1.82) is 0 Å². The average molecular weight is 528 g/mol. The van der Waals surface area contributed by atoms with Crippen LogP contribution in [0.3, 0.4) is 0 Å². The first-order valence-electron chi connectivity index (χ1n) is 12.5. The summed E-state index contributed by atoms with van der Waals surface area (Å²) in [6.07, 6.45) is 0. The van der Waals surface area contributed by atoms with Crippen LogP contribution in [0.5, 0.6) is 17.2 Å². The van der Waals surface area contributed by atoms with Gasteiger partial charge in [-0.1, -0.05) is 24.3 Å². The largest absolute Gasteiger partial charge is 0.507 e. The van der Waals surface area contributed by atoms with E-state index in [1.54, 1.807) is 55.2 Å². The highest BCUT2D eigenvalue weighted by atomic mass is 16.5. The number of carbonyl (C=O) groups excluding carboxylic acids is 3. The van der Waals surface area contributed by atoms with Gasteiger partial charge in [0, 0.05) is 42.2 Å². The Morgan fingerprint density at radius 3 is 2.21 bits per heavy atom. The molecule has 0 aliphatic heterocycles. The number of phenolic OH excluding ortho intramolecular Hbond substituents is 1. The lowest BCUT2D eigenvalue weighted by Gasteiger charge is -2.18. The second kappa shape index (κ2) is 10.3. The highest BCUT2D eigenvalue weighted by molar-refractivity contribution is 6.34. The van der Waals surface area contributed by atoms with E-state index in [2.05, 4.69) is 5.32 Å². The minimum Gasteiger partial charge on any atom is -0.507 e. The van der Waals surface area contributed by atoms with Crippen LogP contribution in [0.1, 0.15) is 47.9 Å². The van der Waals surface area contributed by atoms with E-state index in [-0.39, 0.29) is 51.6 Å². The number of benzene rings is 3. The molecule has 0 saturated carbocycles. The third-order valence-electron chi connectivity index (χ3n) is 6.89. The normalized spacial score (nSPS) is 12.4. The van der Waals surface area contributed by atoms with Gasteiger partial charge >= 0.3 is 0 Å². The molecule has 0 fully saturated rings. The summed E-state index contributed by atoms with van der Waals surface area (Å²) < 4.78 is 12.6. The Hall–Kier alpha value is -4.63. The minimum atomic E-state index is -0.526. The number of amides is 1. The monoisotopic (exact) mass is 527 g/mol. The number of rotatable bonds is 8. The molecule has 2 N–H and O–H groups in total. The summed E-state index contributed by atoms with van der Waals surface area (Å²) in [6.45, 7) is 1.11. The van der Waals surface area contributed by atoms with Crippen molar-refractivity contribution < 1.29 is 29.0 Å². The van der Waals surface area contributed by atoms with Crippen molar-refractivity contribution in [2.24, 2.45) is 0 Å². The molecule has 1 aliphatic rings. The lowest BCUT2D eigenvalue weighted by Crippen LogP contribution is -2.31. The van der Waals surface area contributed by atoms with Gasteiger partial charge < -0.3 is 29.4 Å². The molecule has 5 rings (SSSR count). The maximum atomic E-state index is 13.9. The molecule has 1 aliphatic carbocycles. The van der Waals surface area contributed by atoms with Gasteiger partial charge in [0.1, 0.15) is 22.9 Å². The number of carbonyl (C=O) groups is 3. The van der Waals surface area contributed by atoms with Crippen molar-refractivity contribution in [3.05, 3.63) is 88.1 Å². The van der Waals surface area contributed by atoms with Gasteiger partial charge in [0.2, 0.25) is 5.78 Å². The molecule has 3 aromatic carbocycles. The molecule has 0 saturated heterocycles. The van der Waals surface area contributed by atoms with E-state index < -0.39 is 5.91 Å². The Morgan fingerprint density at radius 1 is 0.949 bits per heavy atom. The number of nitrogens with zero attached hydrogens (tertiary/aromatic N) is 2. The summed E-state index contributed by atoms with van der Waals surface area (Å²) in [6, 6.07) is 15.1. The SMILES string of the molecule is COc1cc(Cn2c3c(c4c(C(=O)NCCN(C)C)c(O)ccc42)C(=O)c2ccccc2C3=O)cc(OC)c1. The highest BCUT2D eigenvalue weighted by Crippen LogP contribution is 2.40. The molecule has 1 heterocycles. The van der Waals surface area contributed by atoms with Gasteiger partial charge in [-0.25, -0.2) is 0 Å². The van der Waals surface area contributed by atoms with Crippen LogP contribution in [0.15, 0.2) is 54.6 Å². The Morgan fingerprint density at radius 2 is 1.59 bits per heavy atom. The fraction of sp³-hybridized carbons (Fsp3) is 0.233. The molecule has 39 heavy (non-hydrogen) atoms. The number of aromatic nitrogens is 1. The third-order valence-corrected chi connectivity index (χ3v) is 6.89. The van der Waals surface area contributed by atoms with Gasteiger partial charge in [-0.2, -0.15) is 0 Å². The number of nitrogens with one attached hydrogen (secondary N) is 1. The lowest BCUT2D eigenvalue weighted by atomic mass is 9.86. The zero-order chi connectivity index (χ0) is 27.8. The van der Waals surface area contributed by atoms with Crippen LogP contribution in [-0.4, -0.2) is 73.5 Å². The molecule has 9 nitrogen and oxygen atoms in total. The van der Waals surface area contributed by atoms with Gasteiger partial charge in [-0.3, -0.25) is 14.4 Å². The summed E-state index contributed by atoms with van der Waals surface area (Å²) in [5.74, 6) is -0.360. The predicted octanol–water partition coefficient (Wildman–Crippen LogP) is 3.48. The van der Waals surface area contributed by atoms with E-state index in [9.17, 15) is 19.5 Å². The molecule has 0 spiro atoms. The number of likely N-dealkylation sites (N-methyl/N-ethyl adjacent to an activating group) is 1. The third kappa shape index (κ3) is 4.51. The topological polar surface area (TPSA) is 110 Å². The van der Waals surface area contributed by atoms with E-state index in [1.165, 1.54) is 6.07 Å². The molecule has 0 radical (unpaired) electrons. The number of ether oxygens (including phenoxy) is 2. The quantitative estimate of drug-likeness (QED) is 0.318. The van der Waals surface area contributed by atoms with Crippen molar-refractivity contribution in [2.75, 3.05) is 41.4 Å². The van der Waals surface area contributed by atoms with Gasteiger partial charge in [0.15, 0.2) is 5.78 Å². The Labute approximate surface area is 225 Å². The van der Waals surface area contributed by atoms with Crippen LogP contribution in [0, 0.1) is 0 Å². The first kappa shape index (κ1) is 26.0. The lowest BCUT2D eigenvalue weighted by molar-refractivity contribution is 0.0949. The van der Waals surface area contributed by atoms with Crippen molar-refractivity contribution in [1.82, 2.24) is 14.8 Å². The molecular formula is C30H29N3O6. The van der Waals surface area contributed by atoms with Crippen molar-refractivity contribution >= 4 is 28.4 Å². The second-order valence-electron chi connectivity index (χ2n) is 9.65. The molecule has 1 aromatic heterocycles. The van der Waals surface area contributed by atoms with Crippen molar-refractivity contribution in [3.63, 3.8) is 0 Å². The fourth-order valence-electron chi connectivity index (χ4n) is 5.05. The number of methoxy groups -OCH3 is 2. The predicted molar refractivity (Wildman–Crippen MR) is 146 cm³/mol. The van der Waals surface area contributed by atoms with Crippen LogP contribution in [0.25, 0.3) is 10.9 Å². The van der Waals surface area contributed by atoms with E-state index in [0.29, 0.717) is 35.7 Å². The second-order valence-corrected chi connectivity index (χ2v) is 9.65. The van der Waals surface area contributed by atoms with Crippen LogP contribution >= 0.6 is 0 Å². The smallest absolute Gasteiger partial charge is 0.255 e. The molecule has 1 amide bonds. The van der Waals surface area contributed by atoms with Crippen molar-refractivity contribution in [3.8, 4) is 17.2 Å². The van der Waals surface area contributed by atoms with Gasteiger partial charge in [0.05, 0.1) is 30.9 Å². The molecule has 4 aromatic rings. The van der Waals surface area contributed by atoms with E-state index in [0.717, 1.165) is 5.56 Å². The summed E-state index contributed by atoms with van der Waals surface area (Å²) >= 11 is 0. The Bertz CT molecular complexity index is 1610. The summed E-state index contributed by atoms with van der Waals surface area (Å²) in [5.41, 5.74) is 2.04. The van der Waals surface area contributed by atoms with Gasteiger partial charge in [0.25, 0.3) is 5.91 Å².